The van der Waals surface area contributed by atoms with Crippen LogP contribution in [0.4, 0.5) is 13.2 Å². The summed E-state index contributed by atoms with van der Waals surface area (Å²) in [7, 11) is 1.00. The van der Waals surface area contributed by atoms with Crippen LogP contribution in [0.5, 0.6) is 0 Å². The van der Waals surface area contributed by atoms with Gasteiger partial charge in [-0.1, -0.05) is 27.7 Å². The van der Waals surface area contributed by atoms with Gasteiger partial charge in [-0.25, -0.2) is 0 Å². The Kier molecular flexibility index (Phi) is 10.0. The summed E-state index contributed by atoms with van der Waals surface area (Å²) in [6.45, 7) is 9.83. The smallest absolute Gasteiger partial charge is 0.400 e. The maximum atomic E-state index is 13.0. The van der Waals surface area contributed by atoms with Crippen LogP contribution >= 0.6 is 0 Å². The molecule has 4 fully saturated rings. The van der Waals surface area contributed by atoms with Crippen LogP contribution in [0.2, 0.25) is 0 Å². The van der Waals surface area contributed by atoms with Gasteiger partial charge in [0.25, 0.3) is 0 Å². The molecule has 0 amide bonds. The number of hydrogen-bond donors (Lipinski definition) is 3. The van der Waals surface area contributed by atoms with E-state index in [4.69, 9.17) is 5.11 Å². The maximum Gasteiger partial charge on any atom is 0.416 e. The third-order valence-corrected chi connectivity index (χ3v) is 10.7. The predicted molar refractivity (Wildman–Crippen MR) is 131 cm³/mol. The zero-order valence-electron chi connectivity index (χ0n) is 22.4. The number of fused-ring (bicyclic) bond motifs is 5. The first kappa shape index (κ1) is 29.9. The molecule has 0 aromatic rings. The lowest BCUT2D eigenvalue weighted by molar-refractivity contribution is -0.255. The van der Waals surface area contributed by atoms with Crippen molar-refractivity contribution in [3.63, 3.8) is 0 Å². The molecule has 3 nitrogen and oxygen atoms in total. The Balaban J connectivity index is 0.000000970. The minimum Gasteiger partial charge on any atom is -0.400 e. The SMILES string of the molecule is CC.CC12CCC3C(CCC4CC(O)CCC43C)C1CCC2CCC[C@@](C)(O)C(F)(F)F.CO. The minimum atomic E-state index is -4.55. The van der Waals surface area contributed by atoms with E-state index >= 15 is 0 Å². The van der Waals surface area contributed by atoms with Gasteiger partial charge in [0.15, 0.2) is 5.60 Å². The maximum absolute atomic E-state index is 13.0. The van der Waals surface area contributed by atoms with Crippen molar-refractivity contribution in [1.29, 1.82) is 0 Å². The van der Waals surface area contributed by atoms with Crippen molar-refractivity contribution in [1.82, 2.24) is 0 Å². The van der Waals surface area contributed by atoms with Gasteiger partial charge in [0.2, 0.25) is 0 Å². The highest BCUT2D eigenvalue weighted by Crippen LogP contribution is 2.68. The van der Waals surface area contributed by atoms with Gasteiger partial charge in [-0.05, 0) is 124 Å². The molecular formula is C28H51F3O3. The molecule has 3 N–H and O–H groups in total. The average molecular weight is 493 g/mol. The summed E-state index contributed by atoms with van der Waals surface area (Å²) in [6.07, 6.45) is 6.79. The van der Waals surface area contributed by atoms with Gasteiger partial charge in [-0.2, -0.15) is 13.2 Å². The van der Waals surface area contributed by atoms with Crippen molar-refractivity contribution in [3.8, 4) is 0 Å². The molecule has 0 aliphatic heterocycles. The summed E-state index contributed by atoms with van der Waals surface area (Å²) in [5, 5.41) is 27.0. The Labute approximate surface area is 205 Å². The standard InChI is InChI=1S/C25H41F3O2.C2H6.CH4O/c1-22-14-11-21-19(8-6-17-15-18(29)10-13-23(17,21)2)20(22)9-7-16(22)5-4-12-24(3,30)25(26,27)28;2*1-2/h16-21,29-30H,4-15H2,1-3H3;1-2H3;2H,1H3/t16?,17?,18?,19?,20?,21?,22?,23?,24-;;/m1../s1. The molecule has 8 unspecified atom stereocenters. The fraction of sp³-hybridized carbons (Fsp3) is 1.00. The Hall–Kier alpha value is -0.330. The Bertz CT molecular complexity index is 637. The summed E-state index contributed by atoms with van der Waals surface area (Å²) in [5.74, 6) is 3.36. The highest BCUT2D eigenvalue weighted by molar-refractivity contribution is 5.09. The molecule has 4 saturated carbocycles. The second-order valence-corrected chi connectivity index (χ2v) is 12.1. The molecular weight excluding hydrogens is 441 g/mol. The molecule has 4 rings (SSSR count). The van der Waals surface area contributed by atoms with Crippen molar-refractivity contribution in [3.05, 3.63) is 0 Å². The van der Waals surface area contributed by atoms with Crippen LogP contribution in [0.25, 0.3) is 0 Å². The van der Waals surface area contributed by atoms with Gasteiger partial charge in [0, 0.05) is 7.11 Å². The largest absolute Gasteiger partial charge is 0.416 e. The third-order valence-electron chi connectivity index (χ3n) is 10.7. The van der Waals surface area contributed by atoms with Crippen molar-refractivity contribution in [2.75, 3.05) is 7.11 Å². The van der Waals surface area contributed by atoms with E-state index in [0.29, 0.717) is 29.6 Å². The molecule has 0 bridgehead atoms. The zero-order chi connectivity index (χ0) is 25.9. The van der Waals surface area contributed by atoms with E-state index in [0.717, 1.165) is 58.0 Å². The first-order valence-electron chi connectivity index (χ1n) is 13.8. The highest BCUT2D eigenvalue weighted by Gasteiger charge is 2.60. The Morgan fingerprint density at radius 2 is 1.44 bits per heavy atom. The normalized spacial score (nSPS) is 43.1. The number of halogens is 3. The van der Waals surface area contributed by atoms with Crippen LogP contribution in [-0.4, -0.2) is 40.3 Å². The lowest BCUT2D eigenvalue weighted by Gasteiger charge is -2.61. The van der Waals surface area contributed by atoms with Crippen LogP contribution < -0.4 is 0 Å². The van der Waals surface area contributed by atoms with Gasteiger partial charge in [-0.15, -0.1) is 0 Å². The molecule has 4 aliphatic rings. The van der Waals surface area contributed by atoms with Crippen molar-refractivity contribution >= 4 is 0 Å². The molecule has 34 heavy (non-hydrogen) atoms. The van der Waals surface area contributed by atoms with Crippen LogP contribution in [-0.2, 0) is 0 Å². The predicted octanol–water partition coefficient (Wildman–Crippen LogP) is 7.12. The average Bonchev–Trinajstić information content (AvgIpc) is 3.12. The Morgan fingerprint density at radius 3 is 2.06 bits per heavy atom. The molecule has 0 spiro atoms. The molecule has 202 valence electrons. The van der Waals surface area contributed by atoms with Crippen molar-refractivity contribution in [2.24, 2.45) is 40.4 Å². The highest BCUT2D eigenvalue weighted by atomic mass is 19.4. The zero-order valence-corrected chi connectivity index (χ0v) is 22.4. The van der Waals surface area contributed by atoms with Crippen molar-refractivity contribution in [2.45, 2.75) is 130 Å². The van der Waals surface area contributed by atoms with E-state index in [1.54, 1.807) is 0 Å². The van der Waals surface area contributed by atoms with E-state index in [1.165, 1.54) is 32.1 Å². The minimum absolute atomic E-state index is 0.113. The molecule has 0 aromatic carbocycles. The van der Waals surface area contributed by atoms with E-state index < -0.39 is 11.8 Å². The number of alkyl halides is 3. The lowest BCUT2D eigenvalue weighted by Crippen LogP contribution is -2.53. The van der Waals surface area contributed by atoms with E-state index in [9.17, 15) is 23.4 Å². The molecule has 0 saturated heterocycles. The van der Waals surface area contributed by atoms with E-state index in [2.05, 4.69) is 13.8 Å². The van der Waals surface area contributed by atoms with Gasteiger partial charge in [0.1, 0.15) is 0 Å². The summed E-state index contributed by atoms with van der Waals surface area (Å²) < 4.78 is 39.0. The van der Waals surface area contributed by atoms with E-state index in [1.807, 2.05) is 13.8 Å². The van der Waals surface area contributed by atoms with Gasteiger partial charge < -0.3 is 15.3 Å². The van der Waals surface area contributed by atoms with Gasteiger partial charge in [-0.3, -0.25) is 0 Å². The summed E-state index contributed by atoms with van der Waals surface area (Å²) in [5.41, 5.74) is -1.95. The molecule has 0 radical (unpaired) electrons. The first-order valence-corrected chi connectivity index (χ1v) is 13.8. The number of hydrogen-bond acceptors (Lipinski definition) is 3. The fourth-order valence-electron chi connectivity index (χ4n) is 8.65. The molecule has 0 heterocycles. The molecule has 0 aromatic heterocycles. The number of aliphatic hydroxyl groups excluding tert-OH is 2. The van der Waals surface area contributed by atoms with Crippen molar-refractivity contribution < 1.29 is 28.5 Å². The second kappa shape index (κ2) is 11.4. The van der Waals surface area contributed by atoms with Gasteiger partial charge in [0.05, 0.1) is 6.10 Å². The topological polar surface area (TPSA) is 60.7 Å². The summed E-state index contributed by atoms with van der Waals surface area (Å²) in [4.78, 5) is 0. The third kappa shape index (κ3) is 5.49. The lowest BCUT2D eigenvalue weighted by atomic mass is 9.44. The molecule has 6 heteroatoms. The molecule has 9 atom stereocenters. The number of rotatable bonds is 4. The first-order chi connectivity index (χ1) is 15.9. The van der Waals surface area contributed by atoms with Crippen LogP contribution in [0.15, 0.2) is 0 Å². The van der Waals surface area contributed by atoms with Gasteiger partial charge >= 0.3 is 6.18 Å². The quantitative estimate of drug-likeness (QED) is 0.391. The number of aliphatic hydroxyl groups is 3. The van der Waals surface area contributed by atoms with Crippen LogP contribution in [0.3, 0.4) is 0 Å². The summed E-state index contributed by atoms with van der Waals surface area (Å²) >= 11 is 0. The fourth-order valence-corrected chi connectivity index (χ4v) is 8.65. The van der Waals surface area contributed by atoms with Crippen LogP contribution in [0, 0.1) is 40.4 Å². The summed E-state index contributed by atoms with van der Waals surface area (Å²) in [6, 6.07) is 0. The molecule has 4 aliphatic carbocycles. The monoisotopic (exact) mass is 492 g/mol. The second-order valence-electron chi connectivity index (χ2n) is 12.1. The van der Waals surface area contributed by atoms with Crippen LogP contribution in [0.1, 0.15) is 112 Å². The van der Waals surface area contributed by atoms with E-state index in [-0.39, 0.29) is 17.9 Å². The Morgan fingerprint density at radius 1 is 0.853 bits per heavy atom.